The van der Waals surface area contributed by atoms with Crippen LogP contribution in [0, 0.1) is 23.7 Å². The molecular weight excluding hydrogens is 594 g/mol. The number of carbonyl (C=O) groups is 2. The van der Waals surface area contributed by atoms with Crippen LogP contribution in [-0.2, 0) is 31.9 Å². The highest BCUT2D eigenvalue weighted by atomic mass is 35.5. The lowest BCUT2D eigenvalue weighted by molar-refractivity contribution is -0.150. The third-order valence-electron chi connectivity index (χ3n) is 8.74. The Hall–Kier alpha value is -3.73. The van der Waals surface area contributed by atoms with Crippen molar-refractivity contribution in [2.24, 2.45) is 23.7 Å². The van der Waals surface area contributed by atoms with Crippen molar-refractivity contribution in [3.63, 3.8) is 0 Å². The molecule has 0 bridgehead atoms. The third kappa shape index (κ3) is 8.71. The van der Waals surface area contributed by atoms with Crippen LogP contribution >= 0.6 is 11.6 Å². The third-order valence-corrected chi connectivity index (χ3v) is 9.01. The Morgan fingerprint density at radius 3 is 1.71 bits per heavy atom. The molecule has 4 aromatic rings. The lowest BCUT2D eigenvalue weighted by Crippen LogP contribution is -2.24. The van der Waals surface area contributed by atoms with Crippen LogP contribution in [0.5, 0.6) is 0 Å². The molecule has 11 nitrogen and oxygen atoms in total. The van der Waals surface area contributed by atoms with E-state index in [1.807, 2.05) is 38.1 Å². The van der Waals surface area contributed by atoms with Gasteiger partial charge in [-0.3, -0.25) is 9.59 Å². The van der Waals surface area contributed by atoms with Crippen molar-refractivity contribution in [2.75, 3.05) is 18.9 Å². The van der Waals surface area contributed by atoms with E-state index in [0.717, 1.165) is 86.9 Å². The van der Waals surface area contributed by atoms with Gasteiger partial charge in [-0.05, 0) is 96.0 Å². The molecule has 0 unspecified atom stereocenters. The number of halogens is 1. The van der Waals surface area contributed by atoms with Gasteiger partial charge in [-0.2, -0.15) is 14.7 Å². The Bertz CT molecular complexity index is 1440. The van der Waals surface area contributed by atoms with E-state index in [1.165, 1.54) is 0 Å². The highest BCUT2D eigenvalue weighted by Gasteiger charge is 2.29. The van der Waals surface area contributed by atoms with E-state index in [1.54, 1.807) is 21.4 Å². The molecule has 0 saturated heterocycles. The van der Waals surface area contributed by atoms with E-state index in [0.29, 0.717) is 36.0 Å². The van der Waals surface area contributed by atoms with Crippen LogP contribution in [0.25, 0.3) is 11.3 Å². The summed E-state index contributed by atoms with van der Waals surface area (Å²) < 4.78 is 13.5. The lowest BCUT2D eigenvalue weighted by atomic mass is 9.80. The number of nitrogen functional groups attached to an aromatic ring is 1. The van der Waals surface area contributed by atoms with Gasteiger partial charge in [-0.25, -0.2) is 14.5 Å². The number of nitrogens with two attached hydrogens (primary N) is 1. The van der Waals surface area contributed by atoms with Crippen LogP contribution in [0.2, 0.25) is 5.15 Å². The number of anilines is 1. The van der Waals surface area contributed by atoms with Crippen molar-refractivity contribution in [3.8, 4) is 0 Å². The van der Waals surface area contributed by atoms with Gasteiger partial charge in [0, 0.05) is 29.6 Å². The summed E-state index contributed by atoms with van der Waals surface area (Å²) in [7, 11) is 0. The van der Waals surface area contributed by atoms with Crippen LogP contribution in [0.3, 0.4) is 0 Å². The number of aromatic nitrogens is 6. The second-order valence-corrected chi connectivity index (χ2v) is 12.2. The zero-order chi connectivity index (χ0) is 31.1. The molecule has 244 valence electrons. The average molecular weight is 640 g/mol. The van der Waals surface area contributed by atoms with E-state index in [-0.39, 0.29) is 31.2 Å². The molecule has 2 fully saturated rings. The lowest BCUT2D eigenvalue weighted by Gasteiger charge is -2.27. The van der Waals surface area contributed by atoms with Gasteiger partial charge in [0.05, 0.1) is 37.4 Å². The predicted molar refractivity (Wildman–Crippen MR) is 174 cm³/mol. The molecule has 4 heterocycles. The summed E-state index contributed by atoms with van der Waals surface area (Å²) in [5.41, 5.74) is 9.57. The molecule has 2 aliphatic rings. The fourth-order valence-electron chi connectivity index (χ4n) is 6.44. The van der Waals surface area contributed by atoms with Gasteiger partial charge >= 0.3 is 11.9 Å². The Morgan fingerprint density at radius 1 is 0.778 bits per heavy atom. The van der Waals surface area contributed by atoms with E-state index in [9.17, 15) is 9.59 Å². The smallest absolute Gasteiger partial charge is 0.308 e. The topological polar surface area (TPSA) is 139 Å². The molecule has 2 saturated carbocycles. The number of hydrogen-bond donors (Lipinski definition) is 1. The first-order valence-corrected chi connectivity index (χ1v) is 16.1. The van der Waals surface area contributed by atoms with Gasteiger partial charge < -0.3 is 15.2 Å². The largest absolute Gasteiger partial charge is 0.466 e. The average Bonchev–Trinajstić information content (AvgIpc) is 3.69. The SMILES string of the molecule is C.CCOC(=O)C1CCC(Cc2cc(Cl)n3nccc3n2)CC1.CCOC(=O)C1CCC(Cc2cc(N)n3nccc3n2)CC1. The molecule has 0 aliphatic heterocycles. The Morgan fingerprint density at radius 2 is 1.22 bits per heavy atom. The molecule has 0 atom stereocenters. The van der Waals surface area contributed by atoms with Crippen LogP contribution < -0.4 is 5.73 Å². The maximum Gasteiger partial charge on any atom is 0.308 e. The van der Waals surface area contributed by atoms with Gasteiger partial charge in [-0.1, -0.05) is 19.0 Å². The summed E-state index contributed by atoms with van der Waals surface area (Å²) in [5.74, 6) is 1.80. The van der Waals surface area contributed by atoms with Crippen LogP contribution in [0.4, 0.5) is 5.82 Å². The fourth-order valence-corrected chi connectivity index (χ4v) is 6.70. The number of ether oxygens (including phenoxy) is 2. The predicted octanol–water partition coefficient (Wildman–Crippen LogP) is 6.15. The Kier molecular flexibility index (Phi) is 12.2. The number of fused-ring (bicyclic) bond motifs is 2. The zero-order valence-electron chi connectivity index (χ0n) is 25.5. The monoisotopic (exact) mass is 639 g/mol. The molecule has 4 aromatic heterocycles. The Labute approximate surface area is 269 Å². The van der Waals surface area contributed by atoms with E-state index in [4.69, 9.17) is 26.8 Å². The van der Waals surface area contributed by atoms with Gasteiger partial charge in [0.25, 0.3) is 0 Å². The van der Waals surface area contributed by atoms with Crippen molar-refractivity contribution in [3.05, 3.63) is 53.2 Å². The van der Waals surface area contributed by atoms with Gasteiger partial charge in [0.2, 0.25) is 0 Å². The van der Waals surface area contributed by atoms with Gasteiger partial charge in [-0.15, -0.1) is 0 Å². The van der Waals surface area contributed by atoms with Crippen molar-refractivity contribution >= 4 is 40.7 Å². The number of carbonyl (C=O) groups excluding carboxylic acids is 2. The highest BCUT2D eigenvalue weighted by molar-refractivity contribution is 6.29. The van der Waals surface area contributed by atoms with Gasteiger partial charge in [0.1, 0.15) is 11.0 Å². The minimum absolute atomic E-state index is 0. The molecule has 0 radical (unpaired) electrons. The normalized spacial score (nSPS) is 21.4. The summed E-state index contributed by atoms with van der Waals surface area (Å²) >= 11 is 6.22. The van der Waals surface area contributed by atoms with Crippen molar-refractivity contribution in [1.29, 1.82) is 0 Å². The van der Waals surface area contributed by atoms with E-state index in [2.05, 4.69) is 20.2 Å². The first kappa shape index (κ1) is 34.1. The minimum Gasteiger partial charge on any atom is -0.466 e. The Balaban J connectivity index is 0.000000200. The first-order chi connectivity index (χ1) is 21.3. The maximum absolute atomic E-state index is 11.8. The molecule has 45 heavy (non-hydrogen) atoms. The molecule has 2 N–H and O–H groups in total. The second-order valence-electron chi connectivity index (χ2n) is 11.8. The molecule has 0 spiro atoms. The van der Waals surface area contributed by atoms with Crippen LogP contribution in [0.1, 0.15) is 84.0 Å². The molecule has 6 rings (SSSR count). The first-order valence-electron chi connectivity index (χ1n) is 15.8. The van der Waals surface area contributed by atoms with Crippen molar-refractivity contribution in [1.82, 2.24) is 29.2 Å². The molecule has 0 amide bonds. The number of hydrogen-bond acceptors (Lipinski definition) is 9. The highest BCUT2D eigenvalue weighted by Crippen LogP contribution is 2.33. The standard InChI is InChI=1S/C16H20ClN3O2.C16H22N4O2.CH4/c2*1-2-22-16(21)12-5-3-11(4-6-12)9-13-10-14(17)20-15(19-13)7-8-18-20;/h7-8,10-12H,2-6,9H2,1H3;7-8,10-12H,2-6,9,17H2,1H3;1H4. The second kappa shape index (κ2) is 16.0. The van der Waals surface area contributed by atoms with Crippen molar-refractivity contribution < 1.29 is 19.1 Å². The number of esters is 2. The van der Waals surface area contributed by atoms with Crippen LogP contribution in [0.15, 0.2) is 36.7 Å². The fraction of sp³-hybridized carbons (Fsp3) is 0.576. The van der Waals surface area contributed by atoms with Crippen LogP contribution in [-0.4, -0.2) is 54.3 Å². The van der Waals surface area contributed by atoms with E-state index >= 15 is 0 Å². The van der Waals surface area contributed by atoms with Gasteiger partial charge in [0.15, 0.2) is 11.3 Å². The number of nitrogens with zero attached hydrogens (tertiary/aromatic N) is 6. The molecule has 2 aliphatic carbocycles. The minimum atomic E-state index is -0.0391. The van der Waals surface area contributed by atoms with Crippen molar-refractivity contribution in [2.45, 2.75) is 85.5 Å². The molecule has 12 heteroatoms. The summed E-state index contributed by atoms with van der Waals surface area (Å²) in [5, 5.41) is 8.84. The summed E-state index contributed by atoms with van der Waals surface area (Å²) in [6.45, 7) is 4.64. The van der Waals surface area contributed by atoms with E-state index < -0.39 is 0 Å². The molecule has 0 aromatic carbocycles. The quantitative estimate of drug-likeness (QED) is 0.177. The molecular formula is C33H46ClN7O4. The number of rotatable bonds is 8. The zero-order valence-corrected chi connectivity index (χ0v) is 26.3. The summed E-state index contributed by atoms with van der Waals surface area (Å²) in [6, 6.07) is 7.50. The summed E-state index contributed by atoms with van der Waals surface area (Å²) in [6.07, 6.45) is 13.0. The maximum atomic E-state index is 11.8. The summed E-state index contributed by atoms with van der Waals surface area (Å²) in [4.78, 5) is 32.7.